The van der Waals surface area contributed by atoms with E-state index in [9.17, 15) is 15.2 Å². The van der Waals surface area contributed by atoms with Crippen LogP contribution in [0.15, 0.2) is 22.6 Å². The van der Waals surface area contributed by atoms with Crippen LogP contribution in [0.5, 0.6) is 0 Å². The maximum Gasteiger partial charge on any atom is 0.298 e. The number of nitro benzene ring substituents is 1. The number of fused-ring (bicyclic) bond motifs is 1. The largest absolute Gasteiger partial charge is 0.423 e. The Hall–Kier alpha value is -2.15. The average molecular weight is 277 g/mol. The fourth-order valence-electron chi connectivity index (χ4n) is 2.54. The first-order valence-corrected chi connectivity index (χ1v) is 6.58. The topological polar surface area (TPSA) is 92.6 Å². The van der Waals surface area contributed by atoms with Crippen molar-refractivity contribution in [2.75, 3.05) is 24.6 Å². The van der Waals surface area contributed by atoms with Gasteiger partial charge in [-0.05, 0) is 24.8 Å². The Kier molecular flexibility index (Phi) is 3.27. The van der Waals surface area contributed by atoms with E-state index in [2.05, 4.69) is 4.98 Å². The fraction of sp³-hybridized carbons (Fsp3) is 0.462. The molecule has 20 heavy (non-hydrogen) atoms. The molecule has 0 aliphatic carbocycles. The van der Waals surface area contributed by atoms with Crippen molar-refractivity contribution >= 4 is 22.8 Å². The Balaban J connectivity index is 1.90. The summed E-state index contributed by atoms with van der Waals surface area (Å²) < 4.78 is 5.65. The lowest BCUT2D eigenvalue weighted by Crippen LogP contribution is -2.36. The molecular formula is C13H15N3O4. The molecule has 1 aliphatic heterocycles. The number of nitro groups is 1. The SMILES string of the molecule is O=[N+]([O-])c1ccc2oc(N3CCC[C@@H](CO)C3)nc2c1. The molecule has 0 amide bonds. The number of hydrogen-bond donors (Lipinski definition) is 1. The Morgan fingerprint density at radius 2 is 2.40 bits per heavy atom. The van der Waals surface area contributed by atoms with Gasteiger partial charge in [0.2, 0.25) is 0 Å². The summed E-state index contributed by atoms with van der Waals surface area (Å²) in [7, 11) is 0. The zero-order valence-electron chi connectivity index (χ0n) is 10.9. The van der Waals surface area contributed by atoms with Crippen LogP contribution in [0.3, 0.4) is 0 Å². The van der Waals surface area contributed by atoms with Crippen LogP contribution in [-0.4, -0.2) is 34.7 Å². The Bertz CT molecular complexity index is 640. The van der Waals surface area contributed by atoms with Gasteiger partial charge in [-0.3, -0.25) is 10.1 Å². The molecule has 1 aromatic heterocycles. The van der Waals surface area contributed by atoms with Gasteiger partial charge in [-0.1, -0.05) is 0 Å². The van der Waals surface area contributed by atoms with Crippen molar-refractivity contribution in [3.05, 3.63) is 28.3 Å². The van der Waals surface area contributed by atoms with Crippen LogP contribution in [0.4, 0.5) is 11.7 Å². The first-order valence-electron chi connectivity index (χ1n) is 6.58. The smallest absolute Gasteiger partial charge is 0.298 e. The van der Waals surface area contributed by atoms with Crippen LogP contribution in [0.25, 0.3) is 11.1 Å². The second-order valence-corrected chi connectivity index (χ2v) is 5.04. The minimum Gasteiger partial charge on any atom is -0.423 e. The van der Waals surface area contributed by atoms with Crippen LogP contribution >= 0.6 is 0 Å². The number of aliphatic hydroxyl groups excluding tert-OH is 1. The van der Waals surface area contributed by atoms with E-state index >= 15 is 0 Å². The third-order valence-electron chi connectivity index (χ3n) is 3.62. The number of aromatic nitrogens is 1. The zero-order chi connectivity index (χ0) is 14.1. The van der Waals surface area contributed by atoms with Gasteiger partial charge in [0.15, 0.2) is 5.58 Å². The predicted octanol–water partition coefficient (Wildman–Crippen LogP) is 1.94. The summed E-state index contributed by atoms with van der Waals surface area (Å²) in [6, 6.07) is 4.86. The summed E-state index contributed by atoms with van der Waals surface area (Å²) in [6.45, 7) is 1.68. The third-order valence-corrected chi connectivity index (χ3v) is 3.62. The minimum absolute atomic E-state index is 0.00392. The van der Waals surface area contributed by atoms with Gasteiger partial charge in [-0.25, -0.2) is 0 Å². The molecule has 0 bridgehead atoms. The highest BCUT2D eigenvalue weighted by atomic mass is 16.6. The van der Waals surface area contributed by atoms with Crippen LogP contribution in [-0.2, 0) is 0 Å². The predicted molar refractivity (Wildman–Crippen MR) is 72.7 cm³/mol. The molecule has 1 atom stereocenters. The Morgan fingerprint density at radius 1 is 1.55 bits per heavy atom. The Labute approximate surface area is 115 Å². The molecule has 1 aromatic carbocycles. The molecule has 1 aliphatic rings. The van der Waals surface area contributed by atoms with Crippen LogP contribution in [0.2, 0.25) is 0 Å². The molecule has 1 fully saturated rings. The average Bonchev–Trinajstić information content (AvgIpc) is 2.90. The quantitative estimate of drug-likeness (QED) is 0.680. The second kappa shape index (κ2) is 5.09. The molecule has 0 spiro atoms. The summed E-state index contributed by atoms with van der Waals surface area (Å²) in [5, 5.41) is 20.0. The molecule has 1 saturated heterocycles. The van der Waals surface area contributed by atoms with Crippen molar-refractivity contribution in [1.29, 1.82) is 0 Å². The Morgan fingerprint density at radius 3 is 3.15 bits per heavy atom. The van der Waals surface area contributed by atoms with E-state index in [1.807, 2.05) is 4.90 Å². The number of piperidine rings is 1. The number of benzene rings is 1. The van der Waals surface area contributed by atoms with Gasteiger partial charge in [0, 0.05) is 31.8 Å². The highest BCUT2D eigenvalue weighted by molar-refractivity contribution is 5.77. The lowest BCUT2D eigenvalue weighted by atomic mass is 10.00. The first kappa shape index (κ1) is 12.9. The van der Waals surface area contributed by atoms with Gasteiger partial charge in [-0.2, -0.15) is 4.98 Å². The number of rotatable bonds is 3. The molecule has 2 aromatic rings. The van der Waals surface area contributed by atoms with Crippen LogP contribution in [0.1, 0.15) is 12.8 Å². The lowest BCUT2D eigenvalue weighted by Gasteiger charge is -2.30. The number of hydrogen-bond acceptors (Lipinski definition) is 6. The number of anilines is 1. The van der Waals surface area contributed by atoms with Crippen molar-refractivity contribution in [1.82, 2.24) is 4.98 Å². The van der Waals surface area contributed by atoms with E-state index in [0.29, 0.717) is 23.7 Å². The maximum absolute atomic E-state index is 10.7. The molecule has 0 unspecified atom stereocenters. The van der Waals surface area contributed by atoms with E-state index in [4.69, 9.17) is 4.42 Å². The molecule has 0 radical (unpaired) electrons. The van der Waals surface area contributed by atoms with Crippen LogP contribution < -0.4 is 4.90 Å². The van der Waals surface area contributed by atoms with Gasteiger partial charge in [-0.15, -0.1) is 0 Å². The van der Waals surface area contributed by atoms with Gasteiger partial charge < -0.3 is 14.4 Å². The summed E-state index contributed by atoms with van der Waals surface area (Å²) in [5.74, 6) is 0.230. The number of aliphatic hydroxyl groups is 1. The molecule has 1 N–H and O–H groups in total. The van der Waals surface area contributed by atoms with Gasteiger partial charge >= 0.3 is 0 Å². The maximum atomic E-state index is 10.7. The van der Waals surface area contributed by atoms with Crippen molar-refractivity contribution < 1.29 is 14.4 Å². The minimum atomic E-state index is -0.448. The summed E-state index contributed by atoms with van der Waals surface area (Å²) in [6.07, 6.45) is 1.97. The second-order valence-electron chi connectivity index (χ2n) is 5.04. The molecule has 7 heteroatoms. The van der Waals surface area contributed by atoms with Gasteiger partial charge in [0.25, 0.3) is 11.7 Å². The monoisotopic (exact) mass is 277 g/mol. The summed E-state index contributed by atoms with van der Waals surface area (Å²) in [5.41, 5.74) is 1.03. The van der Waals surface area contributed by atoms with E-state index in [1.165, 1.54) is 12.1 Å². The van der Waals surface area contributed by atoms with E-state index in [0.717, 1.165) is 19.4 Å². The fourth-order valence-corrected chi connectivity index (χ4v) is 2.54. The van der Waals surface area contributed by atoms with Crippen molar-refractivity contribution in [3.63, 3.8) is 0 Å². The van der Waals surface area contributed by atoms with Crippen molar-refractivity contribution in [2.45, 2.75) is 12.8 Å². The summed E-state index contributed by atoms with van der Waals surface area (Å²) >= 11 is 0. The van der Waals surface area contributed by atoms with E-state index < -0.39 is 4.92 Å². The van der Waals surface area contributed by atoms with Gasteiger partial charge in [0.1, 0.15) is 5.52 Å². The molecule has 106 valence electrons. The standard InChI is InChI=1S/C13H15N3O4/c17-8-9-2-1-5-15(7-9)13-14-11-6-10(16(18)19)3-4-12(11)20-13/h3-4,6,9,17H,1-2,5,7-8H2/t9-/m1/s1. The molecule has 0 saturated carbocycles. The van der Waals surface area contributed by atoms with Gasteiger partial charge in [0.05, 0.1) is 4.92 Å². The molecule has 3 rings (SSSR count). The number of nitrogens with zero attached hydrogens (tertiary/aromatic N) is 3. The van der Waals surface area contributed by atoms with Crippen LogP contribution in [0, 0.1) is 16.0 Å². The molecule has 2 heterocycles. The van der Waals surface area contributed by atoms with E-state index in [-0.39, 0.29) is 18.2 Å². The lowest BCUT2D eigenvalue weighted by molar-refractivity contribution is -0.384. The normalized spacial score (nSPS) is 19.4. The highest BCUT2D eigenvalue weighted by Crippen LogP contribution is 2.28. The third kappa shape index (κ3) is 2.32. The zero-order valence-corrected chi connectivity index (χ0v) is 10.9. The van der Waals surface area contributed by atoms with Crippen molar-refractivity contribution in [2.24, 2.45) is 5.92 Å². The molecule has 7 nitrogen and oxygen atoms in total. The first-order chi connectivity index (χ1) is 9.67. The number of oxazole rings is 1. The van der Waals surface area contributed by atoms with E-state index in [1.54, 1.807) is 6.07 Å². The van der Waals surface area contributed by atoms with Crippen molar-refractivity contribution in [3.8, 4) is 0 Å². The molecular weight excluding hydrogens is 262 g/mol. The highest BCUT2D eigenvalue weighted by Gasteiger charge is 2.23. The summed E-state index contributed by atoms with van der Waals surface area (Å²) in [4.78, 5) is 16.6. The number of non-ortho nitro benzene ring substituents is 1.